The molecule has 1 aliphatic carbocycles. The third-order valence-electron chi connectivity index (χ3n) is 5.06. The molecule has 3 aromatic carbocycles. The van der Waals surface area contributed by atoms with Crippen molar-refractivity contribution in [3.05, 3.63) is 101 Å². The monoisotopic (exact) mass is 382 g/mol. The van der Waals surface area contributed by atoms with Crippen molar-refractivity contribution in [3.8, 4) is 11.8 Å². The van der Waals surface area contributed by atoms with Crippen LogP contribution in [0.1, 0.15) is 39.9 Å². The smallest absolute Gasteiger partial charge is 0.254 e. The molecule has 0 atom stereocenters. The highest BCUT2D eigenvalue weighted by atomic mass is 16.5. The van der Waals surface area contributed by atoms with E-state index in [9.17, 15) is 10.1 Å². The Labute approximate surface area is 171 Å². The molecule has 0 saturated heterocycles. The lowest BCUT2D eigenvalue weighted by atomic mass is 10.1. The molecule has 4 rings (SSSR count). The van der Waals surface area contributed by atoms with Gasteiger partial charge in [0.05, 0.1) is 11.6 Å². The van der Waals surface area contributed by atoms with E-state index in [4.69, 9.17) is 4.74 Å². The van der Waals surface area contributed by atoms with Gasteiger partial charge in [-0.15, -0.1) is 0 Å². The third kappa shape index (κ3) is 4.64. The molecule has 0 spiro atoms. The summed E-state index contributed by atoms with van der Waals surface area (Å²) >= 11 is 0. The van der Waals surface area contributed by atoms with Gasteiger partial charge in [-0.1, -0.05) is 54.6 Å². The lowest BCUT2D eigenvalue weighted by Gasteiger charge is -2.23. The lowest BCUT2D eigenvalue weighted by molar-refractivity contribution is 0.0729. The molecule has 29 heavy (non-hydrogen) atoms. The molecule has 0 N–H and O–H groups in total. The van der Waals surface area contributed by atoms with Crippen LogP contribution in [0, 0.1) is 11.3 Å². The van der Waals surface area contributed by atoms with Gasteiger partial charge < -0.3 is 9.64 Å². The maximum Gasteiger partial charge on any atom is 0.254 e. The molecular formula is C25H22N2O2. The fraction of sp³-hybridized carbons (Fsp3) is 0.200. The average molecular weight is 382 g/mol. The van der Waals surface area contributed by atoms with Crippen molar-refractivity contribution in [3.63, 3.8) is 0 Å². The molecule has 1 amide bonds. The Bertz CT molecular complexity index is 1040. The zero-order valence-corrected chi connectivity index (χ0v) is 16.1. The summed E-state index contributed by atoms with van der Waals surface area (Å²) in [5, 5.41) is 9.22. The van der Waals surface area contributed by atoms with Gasteiger partial charge in [0.25, 0.3) is 5.91 Å². The molecule has 1 fully saturated rings. The van der Waals surface area contributed by atoms with Crippen LogP contribution in [-0.2, 0) is 13.2 Å². The molecule has 3 aromatic rings. The maximum atomic E-state index is 13.2. The summed E-state index contributed by atoms with van der Waals surface area (Å²) in [6, 6.07) is 27.2. The van der Waals surface area contributed by atoms with Crippen LogP contribution >= 0.6 is 0 Å². The van der Waals surface area contributed by atoms with Crippen LogP contribution in [0.15, 0.2) is 78.9 Å². The summed E-state index contributed by atoms with van der Waals surface area (Å²) < 4.78 is 5.88. The van der Waals surface area contributed by atoms with Crippen molar-refractivity contribution in [1.29, 1.82) is 5.26 Å². The van der Waals surface area contributed by atoms with E-state index >= 15 is 0 Å². The van der Waals surface area contributed by atoms with Crippen molar-refractivity contribution >= 4 is 5.91 Å². The normalized spacial score (nSPS) is 12.8. The van der Waals surface area contributed by atoms with Crippen molar-refractivity contribution in [2.75, 3.05) is 0 Å². The van der Waals surface area contributed by atoms with Gasteiger partial charge >= 0.3 is 0 Å². The Morgan fingerprint density at radius 3 is 2.52 bits per heavy atom. The molecule has 1 aliphatic rings. The van der Waals surface area contributed by atoms with Gasteiger partial charge in [0.15, 0.2) is 0 Å². The number of ether oxygens (including phenoxy) is 1. The van der Waals surface area contributed by atoms with Crippen LogP contribution in [0.3, 0.4) is 0 Å². The minimum Gasteiger partial charge on any atom is -0.489 e. The highest BCUT2D eigenvalue weighted by molar-refractivity contribution is 5.95. The van der Waals surface area contributed by atoms with Crippen molar-refractivity contribution in [1.82, 2.24) is 4.90 Å². The van der Waals surface area contributed by atoms with E-state index in [1.807, 2.05) is 59.5 Å². The Hall–Kier alpha value is -3.58. The van der Waals surface area contributed by atoms with Crippen molar-refractivity contribution < 1.29 is 9.53 Å². The Balaban J connectivity index is 1.48. The fourth-order valence-corrected chi connectivity index (χ4v) is 3.33. The number of benzene rings is 3. The lowest BCUT2D eigenvalue weighted by Crippen LogP contribution is -2.32. The van der Waals surface area contributed by atoms with Gasteiger partial charge in [0.2, 0.25) is 0 Å². The third-order valence-corrected chi connectivity index (χ3v) is 5.06. The molecule has 4 nitrogen and oxygen atoms in total. The van der Waals surface area contributed by atoms with Crippen LogP contribution in [0.4, 0.5) is 0 Å². The number of hydrogen-bond donors (Lipinski definition) is 0. The predicted molar refractivity (Wildman–Crippen MR) is 111 cm³/mol. The summed E-state index contributed by atoms with van der Waals surface area (Å²) in [6.07, 6.45) is 2.11. The number of hydrogen-bond acceptors (Lipinski definition) is 3. The predicted octanol–water partition coefficient (Wildman–Crippen LogP) is 4.94. The van der Waals surface area contributed by atoms with E-state index in [1.54, 1.807) is 12.1 Å². The second-order valence-electron chi connectivity index (χ2n) is 7.24. The van der Waals surface area contributed by atoms with Crippen molar-refractivity contribution in [2.45, 2.75) is 32.0 Å². The van der Waals surface area contributed by atoms with E-state index in [0.29, 0.717) is 29.5 Å². The first-order valence-electron chi connectivity index (χ1n) is 9.80. The summed E-state index contributed by atoms with van der Waals surface area (Å²) in [5.41, 5.74) is 3.19. The largest absolute Gasteiger partial charge is 0.489 e. The Kier molecular flexibility index (Phi) is 5.58. The molecule has 0 aliphatic heterocycles. The van der Waals surface area contributed by atoms with Crippen LogP contribution in [0.2, 0.25) is 0 Å². The zero-order valence-electron chi connectivity index (χ0n) is 16.1. The second kappa shape index (κ2) is 8.62. The molecule has 0 aromatic heterocycles. The first-order valence-corrected chi connectivity index (χ1v) is 9.80. The number of amides is 1. The van der Waals surface area contributed by atoms with Crippen LogP contribution in [-0.4, -0.2) is 16.8 Å². The van der Waals surface area contributed by atoms with E-state index in [2.05, 4.69) is 18.2 Å². The quantitative estimate of drug-likeness (QED) is 0.581. The minimum atomic E-state index is 0.0271. The number of rotatable bonds is 7. The van der Waals surface area contributed by atoms with Gasteiger partial charge in [-0.3, -0.25) is 4.79 Å². The molecule has 0 unspecified atom stereocenters. The summed E-state index contributed by atoms with van der Waals surface area (Å²) in [6.45, 7) is 0.905. The first-order chi connectivity index (χ1) is 14.2. The van der Waals surface area contributed by atoms with Gasteiger partial charge in [-0.2, -0.15) is 5.26 Å². The molecule has 4 heteroatoms. The molecule has 0 heterocycles. The van der Waals surface area contributed by atoms with Gasteiger partial charge in [-0.05, 0) is 42.7 Å². The van der Waals surface area contributed by atoms with Crippen molar-refractivity contribution in [2.24, 2.45) is 0 Å². The first kappa shape index (κ1) is 18.8. The van der Waals surface area contributed by atoms with E-state index < -0.39 is 0 Å². The summed E-state index contributed by atoms with van der Waals surface area (Å²) in [7, 11) is 0. The van der Waals surface area contributed by atoms with E-state index in [-0.39, 0.29) is 12.5 Å². The van der Waals surface area contributed by atoms with E-state index in [1.165, 1.54) is 0 Å². The number of carbonyl (C=O) groups is 1. The minimum absolute atomic E-state index is 0.0271. The maximum absolute atomic E-state index is 13.2. The summed E-state index contributed by atoms with van der Waals surface area (Å²) in [4.78, 5) is 15.1. The Morgan fingerprint density at radius 2 is 1.76 bits per heavy atom. The van der Waals surface area contributed by atoms with Crippen LogP contribution < -0.4 is 4.74 Å². The number of nitriles is 1. The van der Waals surface area contributed by atoms with E-state index in [0.717, 1.165) is 24.0 Å². The standard InChI is InChI=1S/C25H22N2O2/c26-16-21-9-4-5-10-22(21)18-29-24-12-6-11-20(15-24)25(28)27(23-13-14-23)17-19-7-2-1-3-8-19/h1-12,15,23H,13-14,17-18H2. The second-order valence-corrected chi connectivity index (χ2v) is 7.24. The Morgan fingerprint density at radius 1 is 1.00 bits per heavy atom. The van der Waals surface area contributed by atoms with Crippen LogP contribution in [0.5, 0.6) is 5.75 Å². The highest BCUT2D eigenvalue weighted by Crippen LogP contribution is 2.30. The van der Waals surface area contributed by atoms with Gasteiger partial charge in [0.1, 0.15) is 12.4 Å². The molecule has 144 valence electrons. The molecule has 0 bridgehead atoms. The summed E-state index contributed by atoms with van der Waals surface area (Å²) in [5.74, 6) is 0.651. The number of nitrogens with zero attached hydrogens (tertiary/aromatic N) is 2. The zero-order chi connectivity index (χ0) is 20.1. The highest BCUT2D eigenvalue weighted by Gasteiger charge is 2.33. The fourth-order valence-electron chi connectivity index (χ4n) is 3.33. The SMILES string of the molecule is N#Cc1ccccc1COc1cccc(C(=O)N(Cc2ccccc2)C2CC2)c1. The van der Waals surface area contributed by atoms with Crippen LogP contribution in [0.25, 0.3) is 0 Å². The average Bonchev–Trinajstić information content (AvgIpc) is 3.62. The molecular weight excluding hydrogens is 360 g/mol. The molecule has 0 radical (unpaired) electrons. The van der Waals surface area contributed by atoms with Gasteiger partial charge in [0, 0.05) is 23.7 Å². The topological polar surface area (TPSA) is 53.3 Å². The van der Waals surface area contributed by atoms with Gasteiger partial charge in [-0.25, -0.2) is 0 Å². The molecule has 1 saturated carbocycles. The number of carbonyl (C=O) groups excluding carboxylic acids is 1.